The topological polar surface area (TPSA) is 29.9 Å². The van der Waals surface area contributed by atoms with Crippen molar-refractivity contribution >= 4 is 11.6 Å². The summed E-state index contributed by atoms with van der Waals surface area (Å²) in [7, 11) is 0. The minimum atomic E-state index is 0.291. The van der Waals surface area contributed by atoms with Crippen LogP contribution in [0.4, 0.5) is 0 Å². The molecule has 0 radical (unpaired) electrons. The zero-order chi connectivity index (χ0) is 13.8. The van der Waals surface area contributed by atoms with Gasteiger partial charge in [0, 0.05) is 35.4 Å². The van der Waals surface area contributed by atoms with E-state index < -0.39 is 0 Å². The van der Waals surface area contributed by atoms with Gasteiger partial charge in [0.25, 0.3) is 0 Å². The first-order valence-corrected chi connectivity index (χ1v) is 6.96. The molecule has 19 heavy (non-hydrogen) atoms. The maximum Gasteiger partial charge on any atom is 0.0534 e. The largest absolute Gasteiger partial charge is 0.306 e. The third kappa shape index (κ3) is 3.82. The molecule has 0 amide bonds. The third-order valence-corrected chi connectivity index (χ3v) is 3.42. The maximum absolute atomic E-state index is 5.89. The SMILES string of the molecule is CC(C)n1cc(CN[C@@H](C)c2ccc(Cl)cc2)cn1. The van der Waals surface area contributed by atoms with Gasteiger partial charge in [-0.2, -0.15) is 5.10 Å². The lowest BCUT2D eigenvalue weighted by atomic mass is 10.1. The van der Waals surface area contributed by atoms with Gasteiger partial charge in [-0.25, -0.2) is 0 Å². The van der Waals surface area contributed by atoms with Gasteiger partial charge in [-0.15, -0.1) is 0 Å². The second kappa shape index (κ2) is 6.22. The first-order valence-electron chi connectivity index (χ1n) is 6.58. The van der Waals surface area contributed by atoms with Gasteiger partial charge in [0.2, 0.25) is 0 Å². The van der Waals surface area contributed by atoms with E-state index in [1.54, 1.807) is 0 Å². The zero-order valence-corrected chi connectivity index (χ0v) is 12.4. The van der Waals surface area contributed by atoms with Crippen LogP contribution in [0.2, 0.25) is 5.02 Å². The average molecular weight is 278 g/mol. The van der Waals surface area contributed by atoms with E-state index in [4.69, 9.17) is 11.6 Å². The van der Waals surface area contributed by atoms with Crippen molar-refractivity contribution in [2.24, 2.45) is 0 Å². The number of benzene rings is 1. The summed E-state index contributed by atoms with van der Waals surface area (Å²) >= 11 is 5.89. The molecule has 102 valence electrons. The van der Waals surface area contributed by atoms with Crippen LogP contribution in [0, 0.1) is 0 Å². The molecule has 0 unspecified atom stereocenters. The highest BCUT2D eigenvalue weighted by Crippen LogP contribution is 2.16. The number of halogens is 1. The van der Waals surface area contributed by atoms with Gasteiger partial charge in [0.1, 0.15) is 0 Å². The van der Waals surface area contributed by atoms with Crippen molar-refractivity contribution < 1.29 is 0 Å². The lowest BCUT2D eigenvalue weighted by Crippen LogP contribution is -2.17. The van der Waals surface area contributed by atoms with Crippen LogP contribution in [-0.2, 0) is 6.54 Å². The Morgan fingerprint density at radius 2 is 1.89 bits per heavy atom. The van der Waals surface area contributed by atoms with Crippen LogP contribution < -0.4 is 5.32 Å². The molecule has 0 bridgehead atoms. The highest BCUT2D eigenvalue weighted by Gasteiger charge is 2.06. The number of nitrogens with one attached hydrogen (secondary N) is 1. The zero-order valence-electron chi connectivity index (χ0n) is 11.6. The summed E-state index contributed by atoms with van der Waals surface area (Å²) in [6, 6.07) is 8.65. The Labute approximate surface area is 119 Å². The molecule has 1 atom stereocenters. The summed E-state index contributed by atoms with van der Waals surface area (Å²) < 4.78 is 1.98. The molecule has 2 rings (SSSR count). The van der Waals surface area contributed by atoms with Gasteiger partial charge in [0.15, 0.2) is 0 Å². The molecule has 3 nitrogen and oxygen atoms in total. The summed E-state index contributed by atoms with van der Waals surface area (Å²) in [6.45, 7) is 7.22. The second-order valence-corrected chi connectivity index (χ2v) is 5.51. The van der Waals surface area contributed by atoms with Crippen LogP contribution in [0.3, 0.4) is 0 Å². The van der Waals surface area contributed by atoms with Crippen molar-refractivity contribution in [3.63, 3.8) is 0 Å². The molecule has 4 heteroatoms. The fraction of sp³-hybridized carbons (Fsp3) is 0.400. The Kier molecular flexibility index (Phi) is 4.61. The van der Waals surface area contributed by atoms with E-state index >= 15 is 0 Å². The lowest BCUT2D eigenvalue weighted by Gasteiger charge is -2.13. The molecule has 1 aromatic heterocycles. The first kappa shape index (κ1) is 14.1. The third-order valence-electron chi connectivity index (χ3n) is 3.17. The van der Waals surface area contributed by atoms with E-state index in [0.717, 1.165) is 11.6 Å². The van der Waals surface area contributed by atoms with E-state index in [9.17, 15) is 0 Å². The number of rotatable bonds is 5. The first-order chi connectivity index (χ1) is 9.06. The molecule has 0 aliphatic carbocycles. The minimum absolute atomic E-state index is 0.291. The van der Waals surface area contributed by atoms with E-state index in [2.05, 4.69) is 49.5 Å². The number of aromatic nitrogens is 2. The van der Waals surface area contributed by atoms with Gasteiger partial charge in [-0.05, 0) is 38.5 Å². The molecular formula is C15H20ClN3. The summed E-state index contributed by atoms with van der Waals surface area (Å²) in [5.74, 6) is 0. The summed E-state index contributed by atoms with van der Waals surface area (Å²) in [5, 5.41) is 8.60. The van der Waals surface area contributed by atoms with Crippen LogP contribution in [0.25, 0.3) is 0 Å². The Hall–Kier alpha value is -1.32. The van der Waals surface area contributed by atoms with Gasteiger partial charge in [-0.3, -0.25) is 4.68 Å². The van der Waals surface area contributed by atoms with E-state index in [1.165, 1.54) is 11.1 Å². The lowest BCUT2D eigenvalue weighted by molar-refractivity contribution is 0.530. The van der Waals surface area contributed by atoms with Crippen molar-refractivity contribution in [3.05, 3.63) is 52.8 Å². The van der Waals surface area contributed by atoms with Crippen LogP contribution in [0.15, 0.2) is 36.7 Å². The van der Waals surface area contributed by atoms with Crippen LogP contribution in [-0.4, -0.2) is 9.78 Å². The Balaban J connectivity index is 1.92. The molecule has 0 saturated carbocycles. The Morgan fingerprint density at radius 1 is 1.21 bits per heavy atom. The quantitative estimate of drug-likeness (QED) is 0.896. The molecule has 2 aromatic rings. The molecule has 1 aromatic carbocycles. The predicted octanol–water partition coefficient (Wildman–Crippen LogP) is 3.97. The van der Waals surface area contributed by atoms with Gasteiger partial charge in [-0.1, -0.05) is 23.7 Å². The number of hydrogen-bond acceptors (Lipinski definition) is 2. The van der Waals surface area contributed by atoms with E-state index in [-0.39, 0.29) is 0 Å². The predicted molar refractivity (Wildman–Crippen MR) is 79.3 cm³/mol. The van der Waals surface area contributed by atoms with Crippen LogP contribution in [0.5, 0.6) is 0 Å². The van der Waals surface area contributed by atoms with Crippen molar-refractivity contribution in [1.29, 1.82) is 0 Å². The normalized spacial score (nSPS) is 12.9. The summed E-state index contributed by atoms with van der Waals surface area (Å²) in [6.07, 6.45) is 4.01. The van der Waals surface area contributed by atoms with Gasteiger partial charge < -0.3 is 5.32 Å². The number of hydrogen-bond donors (Lipinski definition) is 1. The monoisotopic (exact) mass is 277 g/mol. The van der Waals surface area contributed by atoms with Crippen molar-refractivity contribution in [3.8, 4) is 0 Å². The van der Waals surface area contributed by atoms with Crippen LogP contribution in [0.1, 0.15) is 44.0 Å². The average Bonchev–Trinajstić information content (AvgIpc) is 2.86. The van der Waals surface area contributed by atoms with Crippen LogP contribution >= 0.6 is 11.6 Å². The molecule has 0 saturated heterocycles. The Bertz CT molecular complexity index is 516. The highest BCUT2D eigenvalue weighted by molar-refractivity contribution is 6.30. The summed E-state index contributed by atoms with van der Waals surface area (Å²) in [5.41, 5.74) is 2.44. The molecule has 0 fully saturated rings. The van der Waals surface area contributed by atoms with E-state index in [0.29, 0.717) is 12.1 Å². The Morgan fingerprint density at radius 3 is 2.47 bits per heavy atom. The molecular weight excluding hydrogens is 258 g/mol. The molecule has 1 N–H and O–H groups in total. The van der Waals surface area contributed by atoms with E-state index in [1.807, 2.05) is 23.0 Å². The molecule has 0 aliphatic heterocycles. The number of nitrogens with zero attached hydrogens (tertiary/aromatic N) is 2. The molecule has 0 aliphatic rings. The second-order valence-electron chi connectivity index (χ2n) is 5.08. The smallest absolute Gasteiger partial charge is 0.0534 e. The van der Waals surface area contributed by atoms with Gasteiger partial charge in [0.05, 0.1) is 6.20 Å². The highest BCUT2D eigenvalue weighted by atomic mass is 35.5. The molecule has 1 heterocycles. The minimum Gasteiger partial charge on any atom is -0.306 e. The van der Waals surface area contributed by atoms with Crippen molar-refractivity contribution in [2.45, 2.75) is 39.4 Å². The molecule has 0 spiro atoms. The fourth-order valence-corrected chi connectivity index (χ4v) is 2.02. The van der Waals surface area contributed by atoms with Crippen molar-refractivity contribution in [2.75, 3.05) is 0 Å². The summed E-state index contributed by atoms with van der Waals surface area (Å²) in [4.78, 5) is 0. The standard InChI is InChI=1S/C15H20ClN3/c1-11(2)19-10-13(9-18-19)8-17-12(3)14-4-6-15(16)7-5-14/h4-7,9-12,17H,8H2,1-3H3/t12-/m0/s1. The van der Waals surface area contributed by atoms with Gasteiger partial charge >= 0.3 is 0 Å². The van der Waals surface area contributed by atoms with Crippen molar-refractivity contribution in [1.82, 2.24) is 15.1 Å². The maximum atomic E-state index is 5.89. The fourth-order valence-electron chi connectivity index (χ4n) is 1.89.